The molecule has 0 aliphatic carbocycles. The zero-order valence-corrected chi connectivity index (χ0v) is 11.6. The van der Waals surface area contributed by atoms with Crippen molar-refractivity contribution in [2.24, 2.45) is 0 Å². The van der Waals surface area contributed by atoms with Gasteiger partial charge in [0, 0.05) is 11.8 Å². The van der Waals surface area contributed by atoms with Gasteiger partial charge in [-0.25, -0.2) is 0 Å². The molecule has 0 aromatic heterocycles. The normalized spacial score (nSPS) is 11.7. The van der Waals surface area contributed by atoms with Crippen LogP contribution in [0.3, 0.4) is 0 Å². The molecule has 0 heterocycles. The number of hydrogen-bond acceptors (Lipinski definition) is 1. The fourth-order valence-corrected chi connectivity index (χ4v) is 2.43. The lowest BCUT2D eigenvalue weighted by atomic mass is 10.2. The number of rotatable bonds is 7. The van der Waals surface area contributed by atoms with E-state index in [2.05, 4.69) is 35.6 Å². The first kappa shape index (κ1) is 13.4. The molecule has 0 unspecified atom stereocenters. The summed E-state index contributed by atoms with van der Waals surface area (Å²) < 4.78 is 0. The minimum Gasteiger partial charge on any atom is -0.305 e. The summed E-state index contributed by atoms with van der Waals surface area (Å²) in [7, 11) is -1.48. The molecule has 0 aliphatic rings. The Morgan fingerprint density at radius 2 is 1.62 bits per heavy atom. The summed E-state index contributed by atoms with van der Waals surface area (Å²) in [6.45, 7) is 6.40. The number of halogens is 1. The molecule has 0 aromatic carbocycles. The predicted octanol–water partition coefficient (Wildman–Crippen LogP) is 3.78. The van der Waals surface area contributed by atoms with Crippen molar-refractivity contribution in [3.8, 4) is 0 Å². The van der Waals surface area contributed by atoms with Crippen LogP contribution < -0.4 is 0 Å². The van der Waals surface area contributed by atoms with E-state index in [9.17, 15) is 4.79 Å². The third-order valence-electron chi connectivity index (χ3n) is 2.12. The smallest absolute Gasteiger partial charge is 0.123 e. The molecule has 0 rings (SSSR count). The maximum absolute atomic E-state index is 11.5. The average Bonchev–Trinajstić information content (AvgIpc) is 2.02. The van der Waals surface area contributed by atoms with Gasteiger partial charge in [-0.1, -0.05) is 48.4 Å². The first-order valence-corrected chi connectivity index (χ1v) is 9.70. The second kappa shape index (κ2) is 6.77. The summed E-state index contributed by atoms with van der Waals surface area (Å²) in [6, 6.07) is 0. The van der Waals surface area contributed by atoms with Gasteiger partial charge < -0.3 is 4.79 Å². The van der Waals surface area contributed by atoms with Crippen molar-refractivity contribution in [3.05, 3.63) is 0 Å². The van der Waals surface area contributed by atoms with Gasteiger partial charge in [0.2, 0.25) is 0 Å². The molecule has 0 N–H and O–H groups in total. The molecule has 0 aliphatic heterocycles. The molecule has 1 nitrogen and oxygen atoms in total. The first-order chi connectivity index (χ1) is 5.98. The van der Waals surface area contributed by atoms with Crippen LogP contribution in [-0.4, -0.2) is 18.8 Å². The van der Waals surface area contributed by atoms with Gasteiger partial charge >= 0.3 is 0 Å². The molecule has 0 radical (unpaired) electrons. The Morgan fingerprint density at radius 3 is 2.08 bits per heavy atom. The number of unbranched alkanes of at least 4 members (excludes halogenated alkanes) is 3. The highest BCUT2D eigenvalue weighted by atomic mass is 79.9. The van der Waals surface area contributed by atoms with E-state index < -0.39 is 8.07 Å². The standard InChI is InChI=1S/C10H21BrOSi/c1-13(2,3)10(12)8-6-4-5-7-9-11/h4-9H2,1-3H3. The van der Waals surface area contributed by atoms with E-state index in [1.807, 2.05) is 0 Å². The van der Waals surface area contributed by atoms with Crippen molar-refractivity contribution in [1.29, 1.82) is 0 Å². The number of hydrogen-bond donors (Lipinski definition) is 0. The van der Waals surface area contributed by atoms with Gasteiger partial charge in [-0.05, 0) is 12.8 Å². The van der Waals surface area contributed by atoms with E-state index in [1.54, 1.807) is 0 Å². The summed E-state index contributed by atoms with van der Waals surface area (Å²) in [5, 5.41) is 1.63. The van der Waals surface area contributed by atoms with Gasteiger partial charge in [-0.3, -0.25) is 0 Å². The van der Waals surface area contributed by atoms with Gasteiger partial charge in [0.15, 0.2) is 0 Å². The van der Waals surface area contributed by atoms with Gasteiger partial charge in [-0.2, -0.15) is 0 Å². The van der Waals surface area contributed by atoms with Gasteiger partial charge in [0.25, 0.3) is 0 Å². The van der Waals surface area contributed by atoms with Crippen LogP contribution >= 0.6 is 15.9 Å². The Balaban J connectivity index is 3.38. The maximum Gasteiger partial charge on any atom is 0.123 e. The van der Waals surface area contributed by atoms with E-state index in [1.165, 1.54) is 19.3 Å². The molecular weight excluding hydrogens is 244 g/mol. The van der Waals surface area contributed by atoms with E-state index in [4.69, 9.17) is 0 Å². The van der Waals surface area contributed by atoms with Gasteiger partial charge in [-0.15, -0.1) is 0 Å². The van der Waals surface area contributed by atoms with Gasteiger partial charge in [0.1, 0.15) is 13.5 Å². The fraction of sp³-hybridized carbons (Fsp3) is 0.900. The topological polar surface area (TPSA) is 17.1 Å². The van der Waals surface area contributed by atoms with Crippen LogP contribution in [0.15, 0.2) is 0 Å². The van der Waals surface area contributed by atoms with Crippen LogP contribution in [0.1, 0.15) is 32.1 Å². The second-order valence-electron chi connectivity index (χ2n) is 4.53. The van der Waals surface area contributed by atoms with Crippen molar-refractivity contribution in [2.45, 2.75) is 51.7 Å². The molecule has 0 bridgehead atoms. The summed E-state index contributed by atoms with van der Waals surface area (Å²) in [5.74, 6) is 0. The Morgan fingerprint density at radius 1 is 1.08 bits per heavy atom. The zero-order valence-electron chi connectivity index (χ0n) is 9.03. The molecule has 0 saturated heterocycles. The Labute approximate surface area is 91.4 Å². The molecule has 0 saturated carbocycles. The summed E-state index contributed by atoms with van der Waals surface area (Å²) in [5.41, 5.74) is 0. The lowest BCUT2D eigenvalue weighted by molar-refractivity contribution is -0.112. The van der Waals surface area contributed by atoms with Crippen molar-refractivity contribution >= 4 is 29.4 Å². The lowest BCUT2D eigenvalue weighted by Crippen LogP contribution is -2.32. The van der Waals surface area contributed by atoms with Crippen molar-refractivity contribution in [1.82, 2.24) is 0 Å². The largest absolute Gasteiger partial charge is 0.305 e. The third-order valence-corrected chi connectivity index (χ3v) is 4.61. The molecule has 0 amide bonds. The molecule has 13 heavy (non-hydrogen) atoms. The van der Waals surface area contributed by atoms with Crippen LogP contribution in [0.25, 0.3) is 0 Å². The van der Waals surface area contributed by atoms with Crippen molar-refractivity contribution in [3.63, 3.8) is 0 Å². The highest BCUT2D eigenvalue weighted by Gasteiger charge is 2.22. The predicted molar refractivity (Wildman–Crippen MR) is 65.2 cm³/mol. The summed E-state index contributed by atoms with van der Waals surface area (Å²) in [4.78, 5) is 11.5. The first-order valence-electron chi connectivity index (χ1n) is 5.07. The van der Waals surface area contributed by atoms with Crippen LogP contribution in [0, 0.1) is 0 Å². The molecule has 0 fully saturated rings. The average molecular weight is 265 g/mol. The number of carbonyl (C=O) groups excluding carboxylic acids is 1. The monoisotopic (exact) mass is 264 g/mol. The summed E-state index contributed by atoms with van der Waals surface area (Å²) >= 11 is 3.40. The van der Waals surface area contributed by atoms with Crippen LogP contribution in [-0.2, 0) is 4.79 Å². The van der Waals surface area contributed by atoms with E-state index >= 15 is 0 Å². The van der Waals surface area contributed by atoms with Crippen molar-refractivity contribution in [2.75, 3.05) is 5.33 Å². The fourth-order valence-electron chi connectivity index (χ4n) is 1.11. The number of carbonyl (C=O) groups is 1. The second-order valence-corrected chi connectivity index (χ2v) is 10.4. The van der Waals surface area contributed by atoms with Crippen LogP contribution in [0.2, 0.25) is 19.6 Å². The lowest BCUT2D eigenvalue weighted by Gasteiger charge is -2.13. The summed E-state index contributed by atoms with van der Waals surface area (Å²) in [6.07, 6.45) is 5.61. The molecule has 0 aromatic rings. The minimum atomic E-state index is -1.48. The van der Waals surface area contributed by atoms with Crippen LogP contribution in [0.5, 0.6) is 0 Å². The third kappa shape index (κ3) is 7.44. The van der Waals surface area contributed by atoms with E-state index in [-0.39, 0.29) is 0 Å². The van der Waals surface area contributed by atoms with E-state index in [0.717, 1.165) is 18.2 Å². The quantitative estimate of drug-likeness (QED) is 0.389. The Bertz CT molecular complexity index is 151. The molecule has 0 spiro atoms. The molecular formula is C10H21BrOSi. The van der Waals surface area contributed by atoms with Gasteiger partial charge in [0.05, 0.1) is 0 Å². The molecule has 0 atom stereocenters. The van der Waals surface area contributed by atoms with Crippen LogP contribution in [0.4, 0.5) is 0 Å². The highest BCUT2D eigenvalue weighted by Crippen LogP contribution is 2.10. The maximum atomic E-state index is 11.5. The Kier molecular flexibility index (Phi) is 6.96. The van der Waals surface area contributed by atoms with E-state index in [0.29, 0.717) is 5.41 Å². The SMILES string of the molecule is C[Si](C)(C)C(=O)CCCCCCBr. The minimum absolute atomic E-state index is 0.534. The molecule has 3 heteroatoms. The molecule has 78 valence electrons. The highest BCUT2D eigenvalue weighted by molar-refractivity contribution is 9.09. The Hall–Kier alpha value is 0.367. The van der Waals surface area contributed by atoms with Crippen molar-refractivity contribution < 1.29 is 4.79 Å². The zero-order chi connectivity index (χ0) is 10.3. The number of alkyl halides is 1.